The van der Waals surface area contributed by atoms with E-state index >= 15 is 0 Å². The van der Waals surface area contributed by atoms with Crippen LogP contribution in [0.2, 0.25) is 5.02 Å². The number of hydrogen-bond acceptors (Lipinski definition) is 3. The summed E-state index contributed by atoms with van der Waals surface area (Å²) >= 11 is 5.93. The van der Waals surface area contributed by atoms with Crippen molar-refractivity contribution in [3.05, 3.63) is 83.2 Å². The highest BCUT2D eigenvalue weighted by Gasteiger charge is 2.15. The van der Waals surface area contributed by atoms with Gasteiger partial charge in [0.15, 0.2) is 0 Å². The summed E-state index contributed by atoms with van der Waals surface area (Å²) in [7, 11) is 0. The molecule has 25 heavy (non-hydrogen) atoms. The molecule has 4 heteroatoms. The van der Waals surface area contributed by atoms with Crippen molar-refractivity contribution in [1.29, 1.82) is 0 Å². The van der Waals surface area contributed by atoms with Crippen LogP contribution in [-0.4, -0.2) is 23.0 Å². The van der Waals surface area contributed by atoms with E-state index in [1.807, 2.05) is 24.3 Å². The third-order valence-corrected chi connectivity index (χ3v) is 4.72. The molecular formula is C21H19ClN2O. The fraction of sp³-hybridized carbons (Fsp3) is 0.190. The van der Waals surface area contributed by atoms with Crippen LogP contribution in [0, 0.1) is 0 Å². The van der Waals surface area contributed by atoms with E-state index in [4.69, 9.17) is 16.0 Å². The molecule has 0 spiro atoms. The van der Waals surface area contributed by atoms with Gasteiger partial charge in [0, 0.05) is 30.2 Å². The van der Waals surface area contributed by atoms with Gasteiger partial charge < -0.3 is 4.42 Å². The van der Waals surface area contributed by atoms with Gasteiger partial charge in [0.05, 0.1) is 5.69 Å². The molecule has 0 amide bonds. The number of nitrogens with zero attached hydrogens (tertiary/aromatic N) is 2. The lowest BCUT2D eigenvalue weighted by molar-refractivity contribution is 0.290. The summed E-state index contributed by atoms with van der Waals surface area (Å²) in [5.74, 6) is 0.643. The number of aromatic nitrogens is 1. The number of halogens is 1. The van der Waals surface area contributed by atoms with Crippen LogP contribution in [0.4, 0.5) is 0 Å². The first-order valence-electron chi connectivity index (χ1n) is 8.45. The maximum atomic E-state index is 5.93. The second kappa shape index (κ2) is 7.26. The molecule has 0 N–H and O–H groups in total. The lowest BCUT2D eigenvalue weighted by atomic mass is 9.99. The van der Waals surface area contributed by atoms with Crippen LogP contribution in [0.5, 0.6) is 0 Å². The molecule has 2 aromatic carbocycles. The minimum absolute atomic E-state index is 0.643. The molecule has 0 bridgehead atoms. The summed E-state index contributed by atoms with van der Waals surface area (Å²) in [5.41, 5.74) is 4.66. The maximum Gasteiger partial charge on any atom is 0.226 e. The molecule has 2 heterocycles. The molecule has 0 saturated heterocycles. The normalized spacial score (nSPS) is 15.2. The van der Waals surface area contributed by atoms with Gasteiger partial charge in [-0.25, -0.2) is 4.98 Å². The van der Waals surface area contributed by atoms with Crippen LogP contribution in [0.25, 0.3) is 17.0 Å². The van der Waals surface area contributed by atoms with Gasteiger partial charge in [0.2, 0.25) is 5.89 Å². The van der Waals surface area contributed by atoms with Crippen molar-refractivity contribution in [2.75, 3.05) is 13.1 Å². The Hall–Kier alpha value is -2.36. The first-order valence-corrected chi connectivity index (χ1v) is 8.83. The summed E-state index contributed by atoms with van der Waals surface area (Å²) in [4.78, 5) is 6.99. The highest BCUT2D eigenvalue weighted by Crippen LogP contribution is 2.24. The molecule has 3 aromatic rings. The second-order valence-electron chi connectivity index (χ2n) is 6.23. The van der Waals surface area contributed by atoms with Gasteiger partial charge in [-0.15, -0.1) is 0 Å². The van der Waals surface area contributed by atoms with Crippen molar-refractivity contribution < 1.29 is 4.42 Å². The van der Waals surface area contributed by atoms with E-state index in [0.29, 0.717) is 10.9 Å². The molecule has 0 atom stereocenters. The summed E-state index contributed by atoms with van der Waals surface area (Å²) in [5, 5.41) is 0.713. The number of benzene rings is 2. The summed E-state index contributed by atoms with van der Waals surface area (Å²) < 4.78 is 5.63. The predicted octanol–water partition coefficient (Wildman–Crippen LogP) is 5.28. The van der Waals surface area contributed by atoms with E-state index in [0.717, 1.165) is 37.3 Å². The van der Waals surface area contributed by atoms with E-state index in [9.17, 15) is 0 Å². The Bertz CT molecular complexity index is 868. The maximum absolute atomic E-state index is 5.93. The summed E-state index contributed by atoms with van der Waals surface area (Å²) in [6.07, 6.45) is 5.13. The molecular weight excluding hydrogens is 332 g/mol. The molecule has 1 aromatic heterocycles. The molecule has 0 unspecified atom stereocenters. The van der Waals surface area contributed by atoms with Gasteiger partial charge in [0.1, 0.15) is 6.26 Å². The first-order chi connectivity index (χ1) is 12.3. The van der Waals surface area contributed by atoms with E-state index in [-0.39, 0.29) is 0 Å². The highest BCUT2D eigenvalue weighted by atomic mass is 35.5. The van der Waals surface area contributed by atoms with Crippen LogP contribution in [0.1, 0.15) is 17.7 Å². The van der Waals surface area contributed by atoms with Crippen LogP contribution >= 0.6 is 11.6 Å². The largest absolute Gasteiger partial charge is 0.444 e. The van der Waals surface area contributed by atoms with Gasteiger partial charge in [0.25, 0.3) is 0 Å². The molecule has 0 aliphatic carbocycles. The van der Waals surface area contributed by atoms with E-state index in [1.165, 1.54) is 11.1 Å². The Morgan fingerprint density at radius 2 is 1.80 bits per heavy atom. The van der Waals surface area contributed by atoms with Crippen molar-refractivity contribution in [3.63, 3.8) is 0 Å². The third-order valence-electron chi connectivity index (χ3n) is 4.47. The monoisotopic (exact) mass is 350 g/mol. The van der Waals surface area contributed by atoms with Crippen molar-refractivity contribution in [1.82, 2.24) is 9.88 Å². The second-order valence-corrected chi connectivity index (χ2v) is 6.67. The quantitative estimate of drug-likeness (QED) is 0.640. The zero-order valence-electron chi connectivity index (χ0n) is 13.9. The van der Waals surface area contributed by atoms with Crippen molar-refractivity contribution >= 4 is 17.2 Å². The third kappa shape index (κ3) is 3.84. The summed E-state index contributed by atoms with van der Waals surface area (Å²) in [6, 6.07) is 18.1. The predicted molar refractivity (Wildman–Crippen MR) is 101 cm³/mol. The fourth-order valence-corrected chi connectivity index (χ4v) is 3.23. The average molecular weight is 351 g/mol. The Kier molecular flexibility index (Phi) is 4.68. The molecule has 4 rings (SSSR count). The van der Waals surface area contributed by atoms with Crippen molar-refractivity contribution in [2.24, 2.45) is 0 Å². The molecule has 3 nitrogen and oxygen atoms in total. The SMILES string of the molecule is Clc1ccc(-c2nc(CN3CC=C(c4ccccc4)CC3)co2)cc1. The smallest absolute Gasteiger partial charge is 0.226 e. The number of hydrogen-bond donors (Lipinski definition) is 0. The Balaban J connectivity index is 1.41. The molecule has 0 fully saturated rings. The zero-order valence-corrected chi connectivity index (χ0v) is 14.6. The average Bonchev–Trinajstić information content (AvgIpc) is 3.12. The topological polar surface area (TPSA) is 29.3 Å². The minimum Gasteiger partial charge on any atom is -0.444 e. The zero-order chi connectivity index (χ0) is 17.1. The van der Waals surface area contributed by atoms with E-state index < -0.39 is 0 Å². The minimum atomic E-state index is 0.643. The first kappa shape index (κ1) is 16.1. The van der Waals surface area contributed by atoms with Gasteiger partial charge in [-0.3, -0.25) is 4.90 Å². The van der Waals surface area contributed by atoms with Crippen LogP contribution in [0.3, 0.4) is 0 Å². The Morgan fingerprint density at radius 3 is 2.52 bits per heavy atom. The Labute approximate surface area is 152 Å². The molecule has 126 valence electrons. The van der Waals surface area contributed by atoms with Gasteiger partial charge in [-0.2, -0.15) is 0 Å². The van der Waals surface area contributed by atoms with Crippen molar-refractivity contribution in [2.45, 2.75) is 13.0 Å². The van der Waals surface area contributed by atoms with Crippen LogP contribution in [-0.2, 0) is 6.54 Å². The van der Waals surface area contributed by atoms with Gasteiger partial charge >= 0.3 is 0 Å². The lowest BCUT2D eigenvalue weighted by Gasteiger charge is -2.25. The summed E-state index contributed by atoms with van der Waals surface area (Å²) in [6.45, 7) is 2.77. The fourth-order valence-electron chi connectivity index (χ4n) is 3.10. The van der Waals surface area contributed by atoms with Crippen LogP contribution in [0.15, 0.2) is 71.4 Å². The van der Waals surface area contributed by atoms with Crippen LogP contribution < -0.4 is 0 Å². The molecule has 1 aliphatic heterocycles. The lowest BCUT2D eigenvalue weighted by Crippen LogP contribution is -2.28. The van der Waals surface area contributed by atoms with E-state index in [2.05, 4.69) is 46.3 Å². The number of oxazole rings is 1. The van der Waals surface area contributed by atoms with Crippen molar-refractivity contribution in [3.8, 4) is 11.5 Å². The van der Waals surface area contributed by atoms with E-state index in [1.54, 1.807) is 6.26 Å². The molecule has 1 aliphatic rings. The molecule has 0 radical (unpaired) electrons. The standard InChI is InChI=1S/C21H19ClN2O/c22-19-8-6-18(7-9-19)21-23-20(15-25-21)14-24-12-10-17(11-13-24)16-4-2-1-3-5-16/h1-10,15H,11-14H2. The highest BCUT2D eigenvalue weighted by molar-refractivity contribution is 6.30. The Morgan fingerprint density at radius 1 is 1.00 bits per heavy atom. The molecule has 0 saturated carbocycles. The number of rotatable bonds is 4. The van der Waals surface area contributed by atoms with Gasteiger partial charge in [-0.1, -0.05) is 48.0 Å². The van der Waals surface area contributed by atoms with Gasteiger partial charge in [-0.05, 0) is 41.8 Å².